The van der Waals surface area contributed by atoms with Crippen LogP contribution in [0.5, 0.6) is 5.75 Å². The van der Waals surface area contributed by atoms with Gasteiger partial charge in [0.25, 0.3) is 0 Å². The van der Waals surface area contributed by atoms with Gasteiger partial charge in [-0.1, -0.05) is 12.1 Å². The van der Waals surface area contributed by atoms with Gasteiger partial charge in [-0.05, 0) is 35.9 Å². The van der Waals surface area contributed by atoms with E-state index >= 15 is 0 Å². The maximum Gasteiger partial charge on any atom is 0.230 e. The fourth-order valence-electron chi connectivity index (χ4n) is 3.26. The van der Waals surface area contributed by atoms with E-state index in [1.165, 1.54) is 0 Å². The van der Waals surface area contributed by atoms with Gasteiger partial charge < -0.3 is 19.4 Å². The van der Waals surface area contributed by atoms with Crippen molar-refractivity contribution >= 4 is 23.0 Å². The monoisotopic (exact) mass is 400 g/mol. The first-order valence-corrected chi connectivity index (χ1v) is 9.49. The van der Waals surface area contributed by atoms with E-state index in [2.05, 4.69) is 11.4 Å². The zero-order chi connectivity index (χ0) is 20.9. The Labute approximate surface area is 174 Å². The number of hydrogen-bond donors (Lipinski definition) is 1. The molecule has 7 nitrogen and oxygen atoms in total. The van der Waals surface area contributed by atoms with Crippen molar-refractivity contribution < 1.29 is 14.3 Å². The van der Waals surface area contributed by atoms with Gasteiger partial charge in [-0.2, -0.15) is 5.26 Å². The minimum absolute atomic E-state index is 0.113. The molecule has 0 unspecified atom stereocenters. The number of nitrogens with one attached hydrogen (secondary N) is 1. The molecule has 1 amide bonds. The molecule has 0 radical (unpaired) electrons. The van der Waals surface area contributed by atoms with Gasteiger partial charge in [0.2, 0.25) is 5.91 Å². The van der Waals surface area contributed by atoms with Crippen LogP contribution in [0.1, 0.15) is 17.5 Å². The van der Waals surface area contributed by atoms with Gasteiger partial charge in [0.15, 0.2) is 0 Å². The van der Waals surface area contributed by atoms with Crippen molar-refractivity contribution in [3.05, 3.63) is 72.1 Å². The molecule has 0 fully saturated rings. The molecule has 0 saturated carbocycles. The van der Waals surface area contributed by atoms with Crippen LogP contribution in [0.25, 0.3) is 5.69 Å². The summed E-state index contributed by atoms with van der Waals surface area (Å²) in [4.78, 5) is 17.3. The summed E-state index contributed by atoms with van der Waals surface area (Å²) in [6.07, 6.45) is 3.93. The number of amides is 1. The van der Waals surface area contributed by atoms with E-state index in [1.54, 1.807) is 25.3 Å². The number of methoxy groups -OCH3 is 1. The van der Waals surface area contributed by atoms with Crippen LogP contribution in [-0.2, 0) is 9.53 Å². The Morgan fingerprint density at radius 2 is 2.00 bits per heavy atom. The molecule has 0 saturated heterocycles. The van der Waals surface area contributed by atoms with Crippen molar-refractivity contribution in [2.24, 2.45) is 4.99 Å². The second-order valence-corrected chi connectivity index (χ2v) is 6.74. The number of benzene rings is 2. The number of carbonyl (C=O) groups is 1. The van der Waals surface area contributed by atoms with Gasteiger partial charge in [0.05, 0.1) is 47.4 Å². The van der Waals surface area contributed by atoms with Crippen LogP contribution >= 0.6 is 0 Å². The Kier molecular flexibility index (Phi) is 5.59. The van der Waals surface area contributed by atoms with Gasteiger partial charge in [-0.15, -0.1) is 0 Å². The first-order chi connectivity index (χ1) is 14.7. The summed E-state index contributed by atoms with van der Waals surface area (Å²) < 4.78 is 13.0. The van der Waals surface area contributed by atoms with E-state index < -0.39 is 0 Å². The smallest absolute Gasteiger partial charge is 0.230 e. The zero-order valence-electron chi connectivity index (χ0n) is 16.5. The fraction of sp³-hybridized carbons (Fsp3) is 0.174. The number of hydrogen-bond acceptors (Lipinski definition) is 5. The lowest BCUT2D eigenvalue weighted by Crippen LogP contribution is -2.15. The number of carbonyl (C=O) groups excluding carboxylic acids is 1. The quantitative estimate of drug-likeness (QED) is 0.637. The zero-order valence-corrected chi connectivity index (χ0v) is 16.5. The van der Waals surface area contributed by atoms with Gasteiger partial charge in [0.1, 0.15) is 12.4 Å². The summed E-state index contributed by atoms with van der Waals surface area (Å²) >= 11 is 0. The SMILES string of the molecule is COCCOc1cc2c(cc1-n1cccc1)NC(=O)CC(c1cccc(C#N)c1)=N2. The Morgan fingerprint density at radius 1 is 1.17 bits per heavy atom. The number of aliphatic imine (C=N–C) groups is 1. The summed E-state index contributed by atoms with van der Waals surface area (Å²) in [7, 11) is 1.62. The van der Waals surface area contributed by atoms with E-state index in [-0.39, 0.29) is 12.3 Å². The van der Waals surface area contributed by atoms with E-state index in [1.807, 2.05) is 47.3 Å². The molecule has 1 N–H and O–H groups in total. The maximum absolute atomic E-state index is 12.6. The molecular formula is C23H20N4O3. The van der Waals surface area contributed by atoms with Crippen LogP contribution in [0.3, 0.4) is 0 Å². The Balaban J connectivity index is 1.81. The van der Waals surface area contributed by atoms with Crippen LogP contribution < -0.4 is 10.1 Å². The molecule has 0 bridgehead atoms. The number of anilines is 1. The molecule has 2 aromatic carbocycles. The number of ether oxygens (including phenoxy) is 2. The molecular weight excluding hydrogens is 380 g/mol. The highest BCUT2D eigenvalue weighted by Gasteiger charge is 2.20. The lowest BCUT2D eigenvalue weighted by atomic mass is 10.0. The van der Waals surface area contributed by atoms with Crippen LogP contribution in [0.4, 0.5) is 11.4 Å². The predicted molar refractivity (Wildman–Crippen MR) is 114 cm³/mol. The molecule has 1 aliphatic rings. The molecule has 0 aliphatic carbocycles. The van der Waals surface area contributed by atoms with Crippen molar-refractivity contribution in [2.45, 2.75) is 6.42 Å². The van der Waals surface area contributed by atoms with E-state index in [0.717, 1.165) is 11.3 Å². The average Bonchev–Trinajstić information content (AvgIpc) is 3.24. The molecule has 0 spiro atoms. The topological polar surface area (TPSA) is 88.6 Å². The Hall–Kier alpha value is -3.89. The van der Waals surface area contributed by atoms with Crippen molar-refractivity contribution in [1.82, 2.24) is 4.57 Å². The van der Waals surface area contributed by atoms with Crippen molar-refractivity contribution in [3.63, 3.8) is 0 Å². The summed E-state index contributed by atoms with van der Waals surface area (Å²) in [5.74, 6) is 0.466. The molecule has 2 heterocycles. The first kappa shape index (κ1) is 19.4. The second-order valence-electron chi connectivity index (χ2n) is 6.74. The number of aromatic nitrogens is 1. The summed E-state index contributed by atoms with van der Waals surface area (Å²) in [5, 5.41) is 12.1. The van der Waals surface area contributed by atoms with Crippen LogP contribution in [0, 0.1) is 11.3 Å². The molecule has 0 atom stereocenters. The summed E-state index contributed by atoms with van der Waals surface area (Å²) in [6.45, 7) is 0.838. The van der Waals surface area contributed by atoms with Crippen molar-refractivity contribution in [3.8, 4) is 17.5 Å². The summed E-state index contributed by atoms with van der Waals surface area (Å²) in [6, 6.07) is 16.7. The molecule has 30 heavy (non-hydrogen) atoms. The van der Waals surface area contributed by atoms with Crippen LogP contribution in [0.15, 0.2) is 65.9 Å². The van der Waals surface area contributed by atoms with E-state index in [9.17, 15) is 10.1 Å². The first-order valence-electron chi connectivity index (χ1n) is 9.49. The van der Waals surface area contributed by atoms with E-state index in [4.69, 9.17) is 14.5 Å². The molecule has 1 aliphatic heterocycles. The fourth-order valence-corrected chi connectivity index (χ4v) is 3.26. The third-order valence-corrected chi connectivity index (χ3v) is 4.69. The lowest BCUT2D eigenvalue weighted by Gasteiger charge is -2.15. The second kappa shape index (κ2) is 8.64. The molecule has 150 valence electrons. The lowest BCUT2D eigenvalue weighted by molar-refractivity contribution is -0.115. The number of nitriles is 1. The number of fused-ring (bicyclic) bond motifs is 1. The van der Waals surface area contributed by atoms with Crippen LogP contribution in [-0.4, -0.2) is 36.5 Å². The highest BCUT2D eigenvalue weighted by atomic mass is 16.5. The van der Waals surface area contributed by atoms with Gasteiger partial charge in [0, 0.05) is 25.6 Å². The standard InChI is InChI=1S/C23H20N4O3/c1-29-9-10-30-22-13-20-19(12-21(22)27-7-2-3-8-27)26-23(28)14-18(25-20)17-6-4-5-16(11-17)15-24/h2-8,11-13H,9-10,14H2,1H3,(H,26,28). The Bertz CT molecular complexity index is 1140. The minimum atomic E-state index is -0.165. The van der Waals surface area contributed by atoms with Crippen molar-refractivity contribution in [2.75, 3.05) is 25.6 Å². The number of nitrogens with zero attached hydrogens (tertiary/aromatic N) is 3. The number of rotatable bonds is 6. The maximum atomic E-state index is 12.6. The summed E-state index contributed by atoms with van der Waals surface area (Å²) in [5.41, 5.74) is 3.86. The third-order valence-electron chi connectivity index (χ3n) is 4.69. The largest absolute Gasteiger partial charge is 0.489 e. The highest BCUT2D eigenvalue weighted by Crippen LogP contribution is 2.37. The van der Waals surface area contributed by atoms with Gasteiger partial charge in [-0.3, -0.25) is 4.79 Å². The van der Waals surface area contributed by atoms with Gasteiger partial charge in [-0.25, -0.2) is 4.99 Å². The normalized spacial score (nSPS) is 12.9. The third kappa shape index (κ3) is 4.09. The average molecular weight is 400 g/mol. The molecule has 3 aromatic rings. The minimum Gasteiger partial charge on any atom is -0.489 e. The van der Waals surface area contributed by atoms with Crippen molar-refractivity contribution in [1.29, 1.82) is 5.26 Å². The molecule has 7 heteroatoms. The van der Waals surface area contributed by atoms with Gasteiger partial charge >= 0.3 is 0 Å². The molecule has 4 rings (SSSR count). The molecule has 1 aromatic heterocycles. The van der Waals surface area contributed by atoms with E-state index in [0.29, 0.717) is 41.6 Å². The van der Waals surface area contributed by atoms with Crippen LogP contribution in [0.2, 0.25) is 0 Å². The Morgan fingerprint density at radius 3 is 2.77 bits per heavy atom. The predicted octanol–water partition coefficient (Wildman–Crippen LogP) is 3.84. The highest BCUT2D eigenvalue weighted by molar-refractivity contribution is 6.17.